The summed E-state index contributed by atoms with van der Waals surface area (Å²) < 4.78 is 27.4. The summed E-state index contributed by atoms with van der Waals surface area (Å²) in [5.41, 5.74) is 0.975. The van der Waals surface area contributed by atoms with Crippen molar-refractivity contribution in [1.82, 2.24) is 8.87 Å². The molecular weight excluding hydrogens is 372 g/mol. The Kier molecular flexibility index (Phi) is 3.89. The van der Waals surface area contributed by atoms with E-state index >= 15 is 0 Å². The molecule has 1 saturated heterocycles. The van der Waals surface area contributed by atoms with E-state index in [1.165, 1.54) is 27.2 Å². The van der Waals surface area contributed by atoms with Gasteiger partial charge in [0, 0.05) is 36.0 Å². The average molecular weight is 386 g/mol. The molecule has 1 unspecified atom stereocenters. The minimum atomic E-state index is -3.83. The summed E-state index contributed by atoms with van der Waals surface area (Å²) in [7, 11) is -2.28. The summed E-state index contributed by atoms with van der Waals surface area (Å²) in [5, 5.41) is -0.0206. The van der Waals surface area contributed by atoms with E-state index in [2.05, 4.69) is 0 Å². The highest BCUT2D eigenvalue weighted by atomic mass is 32.2. The highest BCUT2D eigenvalue weighted by Gasteiger charge is 2.40. The van der Waals surface area contributed by atoms with Crippen molar-refractivity contribution >= 4 is 43.0 Å². The average Bonchev–Trinajstić information content (AvgIpc) is 3.13. The van der Waals surface area contributed by atoms with Crippen molar-refractivity contribution < 1.29 is 18.0 Å². The molecule has 0 aliphatic carbocycles. The lowest BCUT2D eigenvalue weighted by Gasteiger charge is -2.16. The fourth-order valence-corrected chi connectivity index (χ4v) is 5.33. The first-order valence-electron chi connectivity index (χ1n) is 7.80. The van der Waals surface area contributed by atoms with E-state index in [-0.39, 0.29) is 15.2 Å². The third-order valence-electron chi connectivity index (χ3n) is 4.39. The van der Waals surface area contributed by atoms with Crippen LogP contribution in [0.15, 0.2) is 65.7 Å². The smallest absolute Gasteiger partial charge is 0.289 e. The fraction of sp³-hybridized carbons (Fsp3) is 0.111. The van der Waals surface area contributed by atoms with Crippen molar-refractivity contribution in [3.05, 3.63) is 66.4 Å². The zero-order chi connectivity index (χ0) is 18.5. The first-order valence-corrected chi connectivity index (χ1v) is 10.1. The van der Waals surface area contributed by atoms with Gasteiger partial charge in [0.1, 0.15) is 6.04 Å². The van der Waals surface area contributed by atoms with Crippen LogP contribution >= 0.6 is 11.8 Å². The Labute approximate surface area is 154 Å². The molecular formula is C18H14N2O4S2. The van der Waals surface area contributed by atoms with Crippen LogP contribution in [0.25, 0.3) is 10.9 Å². The third kappa shape index (κ3) is 2.45. The van der Waals surface area contributed by atoms with Crippen molar-refractivity contribution in [2.24, 2.45) is 0 Å². The first-order chi connectivity index (χ1) is 12.4. The van der Waals surface area contributed by atoms with Crippen LogP contribution in [-0.4, -0.2) is 34.7 Å². The number of aromatic nitrogens is 1. The van der Waals surface area contributed by atoms with E-state index in [0.29, 0.717) is 28.2 Å². The molecule has 4 rings (SSSR count). The van der Waals surface area contributed by atoms with Gasteiger partial charge in [0.2, 0.25) is 5.12 Å². The van der Waals surface area contributed by atoms with Gasteiger partial charge in [-0.1, -0.05) is 36.4 Å². The van der Waals surface area contributed by atoms with Crippen LogP contribution in [0, 0.1) is 0 Å². The number of hydrogen-bond acceptors (Lipinski definition) is 5. The molecule has 0 spiro atoms. The Morgan fingerprint density at radius 2 is 1.62 bits per heavy atom. The number of amides is 1. The molecule has 0 bridgehead atoms. The maximum atomic E-state index is 13.1. The molecule has 1 aliphatic heterocycles. The van der Waals surface area contributed by atoms with Crippen molar-refractivity contribution in [3.8, 4) is 0 Å². The van der Waals surface area contributed by atoms with Crippen molar-refractivity contribution in [1.29, 1.82) is 0 Å². The standard InChI is InChI=1S/C18H14N2O4S2/c1-19-16(17(21)25-18(19)22)14-11-20(15-10-6-5-9-13(14)15)26(23,24)12-7-3-2-4-8-12/h2-11,16H,1H3. The summed E-state index contributed by atoms with van der Waals surface area (Å²) in [6.07, 6.45) is 1.45. The molecule has 0 N–H and O–H groups in total. The van der Waals surface area contributed by atoms with Gasteiger partial charge in [-0.05, 0) is 18.2 Å². The van der Waals surface area contributed by atoms with Gasteiger partial charge in [0.05, 0.1) is 10.4 Å². The van der Waals surface area contributed by atoms with Gasteiger partial charge in [0.15, 0.2) is 0 Å². The Morgan fingerprint density at radius 3 is 2.27 bits per heavy atom. The number of para-hydroxylation sites is 1. The number of benzene rings is 2. The Balaban J connectivity index is 1.97. The second-order valence-corrected chi connectivity index (χ2v) is 8.69. The number of carbonyl (C=O) groups excluding carboxylic acids is 2. The maximum Gasteiger partial charge on any atom is 0.289 e. The molecule has 0 saturated carbocycles. The Bertz CT molecular complexity index is 1140. The molecule has 2 aromatic carbocycles. The molecule has 132 valence electrons. The van der Waals surface area contributed by atoms with E-state index in [1.807, 2.05) is 0 Å². The lowest BCUT2D eigenvalue weighted by molar-refractivity contribution is -0.113. The highest BCUT2D eigenvalue weighted by molar-refractivity contribution is 8.26. The molecule has 1 aliphatic rings. The van der Waals surface area contributed by atoms with Crippen molar-refractivity contribution in [2.75, 3.05) is 7.05 Å². The molecule has 1 amide bonds. The molecule has 2 heterocycles. The number of rotatable bonds is 3. The molecule has 6 nitrogen and oxygen atoms in total. The van der Waals surface area contributed by atoms with E-state index in [4.69, 9.17) is 0 Å². The number of fused-ring (bicyclic) bond motifs is 1. The third-order valence-corrected chi connectivity index (χ3v) is 6.96. The monoisotopic (exact) mass is 386 g/mol. The number of nitrogens with zero attached hydrogens (tertiary/aromatic N) is 2. The number of hydrogen-bond donors (Lipinski definition) is 0. The van der Waals surface area contributed by atoms with Crippen LogP contribution in [0.2, 0.25) is 0 Å². The van der Waals surface area contributed by atoms with Gasteiger partial charge in [-0.2, -0.15) is 0 Å². The zero-order valence-corrected chi connectivity index (χ0v) is 15.3. The summed E-state index contributed by atoms with van der Waals surface area (Å²) in [4.78, 5) is 25.7. The second-order valence-electron chi connectivity index (χ2n) is 5.92. The maximum absolute atomic E-state index is 13.1. The molecule has 26 heavy (non-hydrogen) atoms. The van der Waals surface area contributed by atoms with E-state index in [1.54, 1.807) is 49.5 Å². The molecule has 8 heteroatoms. The molecule has 3 aromatic rings. The topological polar surface area (TPSA) is 76.5 Å². The first kappa shape index (κ1) is 16.9. The van der Waals surface area contributed by atoms with E-state index < -0.39 is 16.1 Å². The number of carbonyl (C=O) groups is 2. The minimum Gasteiger partial charge on any atom is -0.321 e. The summed E-state index contributed by atoms with van der Waals surface area (Å²) in [6.45, 7) is 0. The lowest BCUT2D eigenvalue weighted by atomic mass is 10.1. The number of likely N-dealkylation sites (N-methyl/N-ethyl adjacent to an activating group) is 1. The van der Waals surface area contributed by atoms with E-state index in [0.717, 1.165) is 0 Å². The Hall–Kier alpha value is -2.58. The predicted octanol–water partition coefficient (Wildman–Crippen LogP) is 3.24. The zero-order valence-electron chi connectivity index (χ0n) is 13.7. The Morgan fingerprint density at radius 1 is 0.962 bits per heavy atom. The predicted molar refractivity (Wildman–Crippen MR) is 99.5 cm³/mol. The van der Waals surface area contributed by atoms with Gasteiger partial charge < -0.3 is 4.90 Å². The van der Waals surface area contributed by atoms with Gasteiger partial charge in [-0.25, -0.2) is 12.4 Å². The van der Waals surface area contributed by atoms with Crippen LogP contribution < -0.4 is 0 Å². The van der Waals surface area contributed by atoms with Crippen LogP contribution in [-0.2, 0) is 14.8 Å². The van der Waals surface area contributed by atoms with Crippen LogP contribution in [0.4, 0.5) is 4.79 Å². The second kappa shape index (κ2) is 6.00. The summed E-state index contributed by atoms with van der Waals surface area (Å²) >= 11 is 0.643. The van der Waals surface area contributed by atoms with Gasteiger partial charge in [-0.15, -0.1) is 0 Å². The largest absolute Gasteiger partial charge is 0.321 e. The SMILES string of the molecule is CN1C(=O)SC(=O)C1c1cn(S(=O)(=O)c2ccccc2)c2ccccc12. The van der Waals surface area contributed by atoms with Gasteiger partial charge in [-0.3, -0.25) is 9.59 Å². The normalized spacial score (nSPS) is 18.0. The molecule has 1 aromatic heterocycles. The van der Waals surface area contributed by atoms with Crippen LogP contribution in [0.1, 0.15) is 11.6 Å². The van der Waals surface area contributed by atoms with Gasteiger partial charge in [0.25, 0.3) is 15.3 Å². The molecule has 0 radical (unpaired) electrons. The molecule has 1 fully saturated rings. The summed E-state index contributed by atoms with van der Waals surface area (Å²) in [5.74, 6) is 0. The summed E-state index contributed by atoms with van der Waals surface area (Å²) in [6, 6.07) is 14.3. The fourth-order valence-electron chi connectivity index (χ4n) is 3.11. The minimum absolute atomic E-state index is 0.156. The van der Waals surface area contributed by atoms with E-state index in [9.17, 15) is 18.0 Å². The number of thioether (sulfide) groups is 1. The molecule has 1 atom stereocenters. The highest BCUT2D eigenvalue weighted by Crippen LogP contribution is 2.39. The van der Waals surface area contributed by atoms with Crippen molar-refractivity contribution in [3.63, 3.8) is 0 Å². The quantitative estimate of drug-likeness (QED) is 0.691. The van der Waals surface area contributed by atoms with Gasteiger partial charge >= 0.3 is 0 Å². The lowest BCUT2D eigenvalue weighted by Crippen LogP contribution is -2.23. The van der Waals surface area contributed by atoms with Crippen molar-refractivity contribution in [2.45, 2.75) is 10.9 Å². The van der Waals surface area contributed by atoms with Crippen LogP contribution in [0.3, 0.4) is 0 Å². The van der Waals surface area contributed by atoms with Crippen LogP contribution in [0.5, 0.6) is 0 Å².